The van der Waals surface area contributed by atoms with Gasteiger partial charge < -0.3 is 10.6 Å². The SMILES string of the molecule is CC(NS(=O)(=O)c1ccc(Cl)cc1)C(=O)N1CCC(CN)C1.Cl. The molecule has 1 heterocycles. The Morgan fingerprint density at radius 1 is 1.43 bits per heavy atom. The average molecular weight is 382 g/mol. The molecule has 0 saturated carbocycles. The fraction of sp³-hybridized carbons (Fsp3) is 0.500. The molecule has 0 aromatic heterocycles. The van der Waals surface area contributed by atoms with Gasteiger partial charge in [-0.1, -0.05) is 11.6 Å². The van der Waals surface area contributed by atoms with Crippen LogP contribution < -0.4 is 10.5 Å². The first-order valence-corrected chi connectivity index (χ1v) is 8.96. The van der Waals surface area contributed by atoms with Crippen molar-refractivity contribution >= 4 is 39.9 Å². The largest absolute Gasteiger partial charge is 0.341 e. The molecule has 1 fully saturated rings. The number of likely N-dealkylation sites (tertiary alicyclic amines) is 1. The minimum Gasteiger partial charge on any atom is -0.341 e. The van der Waals surface area contributed by atoms with E-state index in [1.165, 1.54) is 24.3 Å². The molecule has 0 bridgehead atoms. The van der Waals surface area contributed by atoms with Gasteiger partial charge in [-0.3, -0.25) is 4.79 Å². The normalized spacial score (nSPS) is 19.3. The average Bonchev–Trinajstić information content (AvgIpc) is 2.95. The number of halogens is 2. The van der Waals surface area contributed by atoms with E-state index in [0.717, 1.165) is 6.42 Å². The van der Waals surface area contributed by atoms with Crippen molar-refractivity contribution in [1.82, 2.24) is 9.62 Å². The Hall–Kier alpha value is -0.860. The summed E-state index contributed by atoms with van der Waals surface area (Å²) >= 11 is 5.75. The zero-order valence-corrected chi connectivity index (χ0v) is 15.1. The van der Waals surface area contributed by atoms with Crippen molar-refractivity contribution in [3.8, 4) is 0 Å². The number of hydrogen-bond acceptors (Lipinski definition) is 4. The van der Waals surface area contributed by atoms with Gasteiger partial charge in [0, 0.05) is 18.1 Å². The van der Waals surface area contributed by atoms with Crippen molar-refractivity contribution in [2.75, 3.05) is 19.6 Å². The third-order valence-corrected chi connectivity index (χ3v) is 5.57. The Morgan fingerprint density at radius 2 is 2.04 bits per heavy atom. The second-order valence-corrected chi connectivity index (χ2v) is 7.62. The summed E-state index contributed by atoms with van der Waals surface area (Å²) in [6, 6.07) is 4.98. The van der Waals surface area contributed by atoms with Crippen LogP contribution in [0.5, 0.6) is 0 Å². The van der Waals surface area contributed by atoms with Gasteiger partial charge in [0.15, 0.2) is 0 Å². The van der Waals surface area contributed by atoms with Crippen LogP contribution in [0.3, 0.4) is 0 Å². The molecule has 0 spiro atoms. The van der Waals surface area contributed by atoms with Crippen LogP contribution in [0.1, 0.15) is 13.3 Å². The molecule has 1 aliphatic rings. The maximum absolute atomic E-state index is 12.3. The predicted octanol–water partition coefficient (Wildman–Crippen LogP) is 1.24. The van der Waals surface area contributed by atoms with Crippen molar-refractivity contribution in [3.05, 3.63) is 29.3 Å². The molecule has 1 aliphatic heterocycles. The predicted molar refractivity (Wildman–Crippen MR) is 92.2 cm³/mol. The first kappa shape index (κ1) is 20.2. The molecule has 2 unspecified atom stereocenters. The monoisotopic (exact) mass is 381 g/mol. The number of rotatable bonds is 5. The van der Waals surface area contributed by atoms with Gasteiger partial charge in [-0.05, 0) is 50.1 Å². The maximum atomic E-state index is 12.3. The summed E-state index contributed by atoms with van der Waals surface area (Å²) in [5, 5.41) is 0.452. The van der Waals surface area contributed by atoms with E-state index in [1.54, 1.807) is 11.8 Å². The number of nitrogens with zero attached hydrogens (tertiary/aromatic N) is 1. The number of amides is 1. The zero-order valence-electron chi connectivity index (χ0n) is 12.7. The summed E-state index contributed by atoms with van der Waals surface area (Å²) in [5.74, 6) is 0.0671. The third-order valence-electron chi connectivity index (χ3n) is 3.76. The molecule has 23 heavy (non-hydrogen) atoms. The summed E-state index contributed by atoms with van der Waals surface area (Å²) < 4.78 is 26.9. The summed E-state index contributed by atoms with van der Waals surface area (Å²) in [6.45, 7) is 3.29. The van der Waals surface area contributed by atoms with Crippen LogP contribution >= 0.6 is 24.0 Å². The number of nitrogens with two attached hydrogens (primary N) is 1. The van der Waals surface area contributed by atoms with Crippen molar-refractivity contribution in [2.24, 2.45) is 11.7 Å². The van der Waals surface area contributed by atoms with Crippen LogP contribution in [0.15, 0.2) is 29.2 Å². The van der Waals surface area contributed by atoms with Gasteiger partial charge in [0.1, 0.15) is 0 Å². The lowest BCUT2D eigenvalue weighted by Crippen LogP contribution is -2.46. The lowest BCUT2D eigenvalue weighted by molar-refractivity contribution is -0.131. The molecule has 1 aromatic carbocycles. The maximum Gasteiger partial charge on any atom is 0.241 e. The van der Waals surface area contributed by atoms with Crippen LogP contribution in [0.25, 0.3) is 0 Å². The summed E-state index contributed by atoms with van der Waals surface area (Å²) in [6.07, 6.45) is 0.860. The topological polar surface area (TPSA) is 92.5 Å². The third kappa shape index (κ3) is 5.06. The van der Waals surface area contributed by atoms with Crippen LogP contribution in [0, 0.1) is 5.92 Å². The van der Waals surface area contributed by atoms with E-state index in [9.17, 15) is 13.2 Å². The molecule has 1 aromatic rings. The number of sulfonamides is 1. The van der Waals surface area contributed by atoms with E-state index in [0.29, 0.717) is 30.6 Å². The number of hydrogen-bond donors (Lipinski definition) is 2. The second kappa shape index (κ2) is 8.30. The summed E-state index contributed by atoms with van der Waals surface area (Å²) in [5.41, 5.74) is 5.60. The van der Waals surface area contributed by atoms with Gasteiger partial charge >= 0.3 is 0 Å². The highest BCUT2D eigenvalue weighted by Gasteiger charge is 2.30. The molecule has 130 valence electrons. The van der Waals surface area contributed by atoms with Gasteiger partial charge in [0.2, 0.25) is 15.9 Å². The van der Waals surface area contributed by atoms with E-state index in [2.05, 4.69) is 4.72 Å². The standard InChI is InChI=1S/C14H20ClN3O3S.ClH/c1-10(14(19)18-7-6-11(8-16)9-18)17-22(20,21)13-4-2-12(15)3-5-13;/h2-5,10-11,17H,6-9,16H2,1H3;1H. The Labute approximate surface area is 147 Å². The molecule has 2 rings (SSSR count). The van der Waals surface area contributed by atoms with Gasteiger partial charge in [0.25, 0.3) is 0 Å². The highest BCUT2D eigenvalue weighted by atomic mass is 35.5. The number of nitrogens with one attached hydrogen (secondary N) is 1. The number of carbonyl (C=O) groups excluding carboxylic acids is 1. The molecule has 1 saturated heterocycles. The highest BCUT2D eigenvalue weighted by molar-refractivity contribution is 7.89. The van der Waals surface area contributed by atoms with E-state index < -0.39 is 16.1 Å². The van der Waals surface area contributed by atoms with E-state index in [-0.39, 0.29) is 23.2 Å². The molecule has 6 nitrogen and oxygen atoms in total. The number of benzene rings is 1. The van der Waals surface area contributed by atoms with E-state index >= 15 is 0 Å². The van der Waals surface area contributed by atoms with Crippen LogP contribution in [-0.4, -0.2) is 44.9 Å². The minimum atomic E-state index is -3.75. The minimum absolute atomic E-state index is 0. The first-order valence-electron chi connectivity index (χ1n) is 7.10. The molecule has 0 aliphatic carbocycles. The van der Waals surface area contributed by atoms with E-state index in [4.69, 9.17) is 17.3 Å². The van der Waals surface area contributed by atoms with Crippen molar-refractivity contribution in [1.29, 1.82) is 0 Å². The molecule has 3 N–H and O–H groups in total. The van der Waals surface area contributed by atoms with Crippen molar-refractivity contribution in [2.45, 2.75) is 24.3 Å². The van der Waals surface area contributed by atoms with Gasteiger partial charge in [-0.25, -0.2) is 8.42 Å². The lowest BCUT2D eigenvalue weighted by Gasteiger charge is -2.21. The van der Waals surface area contributed by atoms with Crippen molar-refractivity contribution < 1.29 is 13.2 Å². The molecule has 2 atom stereocenters. The highest BCUT2D eigenvalue weighted by Crippen LogP contribution is 2.17. The van der Waals surface area contributed by atoms with Crippen LogP contribution in [0.2, 0.25) is 5.02 Å². The molecule has 1 amide bonds. The molecule has 0 radical (unpaired) electrons. The molecular weight excluding hydrogens is 361 g/mol. The van der Waals surface area contributed by atoms with E-state index in [1.807, 2.05) is 0 Å². The Kier molecular flexibility index (Phi) is 7.29. The smallest absolute Gasteiger partial charge is 0.241 e. The van der Waals surface area contributed by atoms with Gasteiger partial charge in [-0.15, -0.1) is 12.4 Å². The Bertz CT molecular complexity index is 637. The Morgan fingerprint density at radius 3 is 2.57 bits per heavy atom. The summed E-state index contributed by atoms with van der Waals surface area (Å²) in [7, 11) is -3.75. The Balaban J connectivity index is 0.00000264. The number of carbonyl (C=O) groups is 1. The van der Waals surface area contributed by atoms with Crippen LogP contribution in [0.4, 0.5) is 0 Å². The second-order valence-electron chi connectivity index (χ2n) is 5.47. The lowest BCUT2D eigenvalue weighted by atomic mass is 10.1. The zero-order chi connectivity index (χ0) is 16.3. The van der Waals surface area contributed by atoms with Gasteiger partial charge in [0.05, 0.1) is 10.9 Å². The van der Waals surface area contributed by atoms with Crippen LogP contribution in [-0.2, 0) is 14.8 Å². The molecule has 9 heteroatoms. The quantitative estimate of drug-likeness (QED) is 0.801. The first-order chi connectivity index (χ1) is 10.3. The van der Waals surface area contributed by atoms with Gasteiger partial charge in [-0.2, -0.15) is 4.72 Å². The fourth-order valence-electron chi connectivity index (χ4n) is 2.46. The van der Waals surface area contributed by atoms with Crippen molar-refractivity contribution in [3.63, 3.8) is 0 Å². The summed E-state index contributed by atoms with van der Waals surface area (Å²) in [4.78, 5) is 14.0. The fourth-order valence-corrected chi connectivity index (χ4v) is 3.79. The molecular formula is C14H21Cl2N3O3S.